The Morgan fingerprint density at radius 3 is 2.77 bits per heavy atom. The van der Waals surface area contributed by atoms with Gasteiger partial charge in [0.05, 0.1) is 13.2 Å². The van der Waals surface area contributed by atoms with Crippen LogP contribution >= 0.6 is 0 Å². The van der Waals surface area contributed by atoms with Crippen molar-refractivity contribution in [1.82, 2.24) is 0 Å². The number of hydrogen-bond donors (Lipinski definition) is 1. The van der Waals surface area contributed by atoms with Crippen molar-refractivity contribution in [2.75, 3.05) is 18.5 Å². The molecule has 1 fully saturated rings. The second-order valence-electron chi connectivity index (χ2n) is 5.11. The van der Waals surface area contributed by atoms with Crippen molar-refractivity contribution in [3.63, 3.8) is 0 Å². The summed E-state index contributed by atoms with van der Waals surface area (Å²) in [7, 11) is 0. The van der Waals surface area contributed by atoms with E-state index in [4.69, 9.17) is 9.47 Å². The maximum absolute atomic E-state index is 12.2. The average molecular weight is 300 g/mol. The SMILES string of the molecule is Cc1cc(C(=O)Nc2cccc(C3OCCO3)c2)c[n+]([O-])c1. The quantitative estimate of drug-likeness (QED) is 0.694. The van der Waals surface area contributed by atoms with Crippen LogP contribution in [0, 0.1) is 12.1 Å². The van der Waals surface area contributed by atoms with Crippen molar-refractivity contribution in [2.24, 2.45) is 0 Å². The number of rotatable bonds is 3. The molecule has 22 heavy (non-hydrogen) atoms. The zero-order valence-electron chi connectivity index (χ0n) is 12.1. The molecule has 0 bridgehead atoms. The summed E-state index contributed by atoms with van der Waals surface area (Å²) in [5.41, 5.74) is 2.51. The first-order valence-electron chi connectivity index (χ1n) is 6.97. The number of aromatic nitrogens is 1. The molecular formula is C16H16N2O4. The molecule has 1 aliphatic rings. The fourth-order valence-corrected chi connectivity index (χ4v) is 2.34. The van der Waals surface area contributed by atoms with Gasteiger partial charge >= 0.3 is 0 Å². The Labute approximate surface area is 127 Å². The van der Waals surface area contributed by atoms with Crippen molar-refractivity contribution < 1.29 is 19.0 Å². The van der Waals surface area contributed by atoms with Gasteiger partial charge in [0.2, 0.25) is 0 Å². The highest BCUT2D eigenvalue weighted by Gasteiger charge is 2.19. The van der Waals surface area contributed by atoms with Crippen molar-refractivity contribution in [2.45, 2.75) is 13.2 Å². The minimum atomic E-state index is -0.389. The number of ether oxygens (including phenoxy) is 2. The molecule has 1 aromatic carbocycles. The fraction of sp³-hybridized carbons (Fsp3) is 0.250. The summed E-state index contributed by atoms with van der Waals surface area (Å²) in [6.45, 7) is 2.89. The van der Waals surface area contributed by atoms with E-state index in [0.29, 0.717) is 29.2 Å². The van der Waals surface area contributed by atoms with Crippen LogP contribution in [0.15, 0.2) is 42.7 Å². The van der Waals surface area contributed by atoms with Crippen LogP contribution in [0.5, 0.6) is 0 Å². The molecule has 1 saturated heterocycles. The normalized spacial score (nSPS) is 15.0. The van der Waals surface area contributed by atoms with Crippen LogP contribution in [0.3, 0.4) is 0 Å². The van der Waals surface area contributed by atoms with Gasteiger partial charge in [-0.15, -0.1) is 0 Å². The standard InChI is InChI=1S/C16H16N2O4/c1-11-7-13(10-18(20)9-11)15(19)17-14-4-2-3-12(8-14)16-21-5-6-22-16/h2-4,7-10,16H,5-6H2,1H3,(H,17,19). The molecule has 1 amide bonds. The van der Waals surface area contributed by atoms with Crippen molar-refractivity contribution >= 4 is 11.6 Å². The van der Waals surface area contributed by atoms with Crippen LogP contribution < -0.4 is 10.0 Å². The van der Waals surface area contributed by atoms with E-state index in [1.165, 1.54) is 12.4 Å². The summed E-state index contributed by atoms with van der Waals surface area (Å²) >= 11 is 0. The van der Waals surface area contributed by atoms with Gasteiger partial charge < -0.3 is 20.0 Å². The Kier molecular flexibility index (Phi) is 4.04. The molecule has 1 aliphatic heterocycles. The molecule has 0 unspecified atom stereocenters. The summed E-state index contributed by atoms with van der Waals surface area (Å²) in [4.78, 5) is 12.2. The number of aryl methyl sites for hydroxylation is 1. The van der Waals surface area contributed by atoms with Crippen molar-refractivity contribution in [3.8, 4) is 0 Å². The zero-order chi connectivity index (χ0) is 15.5. The fourth-order valence-electron chi connectivity index (χ4n) is 2.34. The number of carbonyl (C=O) groups excluding carboxylic acids is 1. The van der Waals surface area contributed by atoms with E-state index in [9.17, 15) is 10.0 Å². The molecule has 0 aliphatic carbocycles. The number of pyridine rings is 1. The predicted molar refractivity (Wildman–Crippen MR) is 79.2 cm³/mol. The molecule has 0 radical (unpaired) electrons. The van der Waals surface area contributed by atoms with E-state index in [2.05, 4.69) is 5.32 Å². The Balaban J connectivity index is 1.77. The third-order valence-electron chi connectivity index (χ3n) is 3.28. The van der Waals surface area contributed by atoms with Gasteiger partial charge in [0.1, 0.15) is 5.56 Å². The molecule has 1 N–H and O–H groups in total. The third-order valence-corrected chi connectivity index (χ3v) is 3.28. The van der Waals surface area contributed by atoms with Gasteiger partial charge in [-0.1, -0.05) is 12.1 Å². The number of anilines is 1. The number of benzene rings is 1. The molecule has 6 heteroatoms. The average Bonchev–Trinajstić information content (AvgIpc) is 3.00. The van der Waals surface area contributed by atoms with E-state index in [1.807, 2.05) is 12.1 Å². The first kappa shape index (κ1) is 14.5. The lowest BCUT2D eigenvalue weighted by atomic mass is 10.1. The monoisotopic (exact) mass is 300 g/mol. The lowest BCUT2D eigenvalue weighted by Crippen LogP contribution is -2.28. The molecular weight excluding hydrogens is 284 g/mol. The Morgan fingerprint density at radius 1 is 1.27 bits per heavy atom. The minimum absolute atomic E-state index is 0.314. The van der Waals surface area contributed by atoms with Crippen LogP contribution in [-0.4, -0.2) is 19.1 Å². The maximum Gasteiger partial charge on any atom is 0.261 e. The predicted octanol–water partition coefficient (Wildman–Crippen LogP) is 1.93. The Hall–Kier alpha value is -2.44. The topological polar surface area (TPSA) is 74.5 Å². The molecule has 114 valence electrons. The van der Waals surface area contributed by atoms with Crippen LogP contribution in [0.1, 0.15) is 27.8 Å². The third kappa shape index (κ3) is 3.24. The van der Waals surface area contributed by atoms with Gasteiger partial charge in [-0.3, -0.25) is 4.79 Å². The number of amides is 1. The first-order chi connectivity index (χ1) is 10.6. The number of nitrogens with one attached hydrogen (secondary N) is 1. The first-order valence-corrected chi connectivity index (χ1v) is 6.97. The summed E-state index contributed by atoms with van der Waals surface area (Å²) in [5, 5.41) is 14.2. The molecule has 6 nitrogen and oxygen atoms in total. The van der Waals surface area contributed by atoms with Crippen molar-refractivity contribution in [3.05, 3.63) is 64.6 Å². The highest BCUT2D eigenvalue weighted by Crippen LogP contribution is 2.25. The second kappa shape index (κ2) is 6.13. The molecule has 0 atom stereocenters. The zero-order valence-corrected chi connectivity index (χ0v) is 12.1. The van der Waals surface area contributed by atoms with E-state index in [0.717, 1.165) is 11.1 Å². The second-order valence-corrected chi connectivity index (χ2v) is 5.11. The summed E-state index contributed by atoms with van der Waals surface area (Å²) in [6.07, 6.45) is 2.27. The number of carbonyl (C=O) groups is 1. The van der Waals surface area contributed by atoms with Gasteiger partial charge in [-0.05, 0) is 25.1 Å². The molecule has 0 spiro atoms. The summed E-state index contributed by atoms with van der Waals surface area (Å²) in [5.74, 6) is -0.335. The lowest BCUT2D eigenvalue weighted by Gasteiger charge is -2.11. The summed E-state index contributed by atoms with van der Waals surface area (Å²) in [6, 6.07) is 8.94. The highest BCUT2D eigenvalue weighted by molar-refractivity contribution is 6.04. The highest BCUT2D eigenvalue weighted by atomic mass is 16.7. The number of hydrogen-bond acceptors (Lipinski definition) is 4. The Bertz CT molecular complexity index is 676. The Morgan fingerprint density at radius 2 is 2.05 bits per heavy atom. The van der Waals surface area contributed by atoms with E-state index < -0.39 is 0 Å². The molecule has 2 heterocycles. The van der Waals surface area contributed by atoms with E-state index in [-0.39, 0.29) is 12.2 Å². The lowest BCUT2D eigenvalue weighted by molar-refractivity contribution is -0.605. The van der Waals surface area contributed by atoms with Crippen LogP contribution in [-0.2, 0) is 9.47 Å². The molecule has 2 aromatic rings. The largest absolute Gasteiger partial charge is 0.619 e. The maximum atomic E-state index is 12.2. The molecule has 1 aromatic heterocycles. The van der Waals surface area contributed by atoms with E-state index >= 15 is 0 Å². The van der Waals surface area contributed by atoms with Gasteiger partial charge in [0.15, 0.2) is 18.7 Å². The van der Waals surface area contributed by atoms with Crippen LogP contribution in [0.2, 0.25) is 0 Å². The van der Waals surface area contributed by atoms with Crippen molar-refractivity contribution in [1.29, 1.82) is 0 Å². The van der Waals surface area contributed by atoms with Crippen LogP contribution in [0.25, 0.3) is 0 Å². The number of nitrogens with zero attached hydrogens (tertiary/aromatic N) is 1. The van der Waals surface area contributed by atoms with Gasteiger partial charge in [0.25, 0.3) is 5.91 Å². The molecule has 3 rings (SSSR count). The van der Waals surface area contributed by atoms with Gasteiger partial charge in [0, 0.05) is 16.8 Å². The minimum Gasteiger partial charge on any atom is -0.619 e. The van der Waals surface area contributed by atoms with Crippen LogP contribution in [0.4, 0.5) is 5.69 Å². The van der Waals surface area contributed by atoms with Gasteiger partial charge in [-0.25, -0.2) is 0 Å². The van der Waals surface area contributed by atoms with E-state index in [1.54, 1.807) is 25.1 Å². The van der Waals surface area contributed by atoms with Gasteiger partial charge in [-0.2, -0.15) is 4.73 Å². The smallest absolute Gasteiger partial charge is 0.261 e. The summed E-state index contributed by atoms with van der Waals surface area (Å²) < 4.78 is 11.5. The molecule has 0 saturated carbocycles.